The highest BCUT2D eigenvalue weighted by Gasteiger charge is 2.24. The molecule has 1 N–H and O–H groups in total. The number of ether oxygens (including phenoxy) is 1. The fourth-order valence-electron chi connectivity index (χ4n) is 3.88. The number of carbonyl (C=O) groups excluding carboxylic acids is 1. The van der Waals surface area contributed by atoms with Gasteiger partial charge in [-0.2, -0.15) is 5.10 Å². The fraction of sp³-hybridized carbons (Fsp3) is 0.435. The molecular weight excluding hydrogens is 424 g/mol. The molecule has 1 fully saturated rings. The first-order chi connectivity index (χ1) is 15.4. The fourth-order valence-corrected chi connectivity index (χ4v) is 4.70. The predicted octanol–water partition coefficient (Wildman–Crippen LogP) is 3.45. The van der Waals surface area contributed by atoms with Crippen molar-refractivity contribution in [2.45, 2.75) is 26.4 Å². The average molecular weight is 455 g/mol. The Morgan fingerprint density at radius 2 is 1.94 bits per heavy atom. The number of aromatic nitrogens is 3. The number of methoxy groups -OCH3 is 1. The van der Waals surface area contributed by atoms with Crippen LogP contribution in [0.1, 0.15) is 29.9 Å². The Kier molecular flexibility index (Phi) is 6.76. The van der Waals surface area contributed by atoms with Crippen LogP contribution >= 0.6 is 11.3 Å². The van der Waals surface area contributed by atoms with Crippen LogP contribution in [0.25, 0.3) is 10.6 Å². The zero-order valence-electron chi connectivity index (χ0n) is 19.0. The molecule has 32 heavy (non-hydrogen) atoms. The summed E-state index contributed by atoms with van der Waals surface area (Å²) in [6.45, 7) is 7.91. The summed E-state index contributed by atoms with van der Waals surface area (Å²) < 4.78 is 7.05. The zero-order valence-corrected chi connectivity index (χ0v) is 19.9. The minimum Gasteiger partial charge on any atom is -0.497 e. The lowest BCUT2D eigenvalue weighted by Gasteiger charge is -2.35. The minimum atomic E-state index is -0.0689. The van der Waals surface area contributed by atoms with Crippen molar-refractivity contribution < 1.29 is 9.53 Å². The van der Waals surface area contributed by atoms with E-state index in [9.17, 15) is 4.79 Å². The van der Waals surface area contributed by atoms with E-state index in [0.717, 1.165) is 52.9 Å². The van der Waals surface area contributed by atoms with E-state index in [1.165, 1.54) is 0 Å². The van der Waals surface area contributed by atoms with E-state index in [1.54, 1.807) is 18.4 Å². The highest BCUT2D eigenvalue weighted by molar-refractivity contribution is 7.13. The van der Waals surface area contributed by atoms with Gasteiger partial charge in [0.2, 0.25) is 0 Å². The molecule has 2 aromatic heterocycles. The molecule has 1 unspecified atom stereocenters. The van der Waals surface area contributed by atoms with Crippen molar-refractivity contribution >= 4 is 17.4 Å². The van der Waals surface area contributed by atoms with Crippen LogP contribution in [0.5, 0.6) is 5.75 Å². The topological polar surface area (TPSA) is 75.5 Å². The third kappa shape index (κ3) is 4.94. The Morgan fingerprint density at radius 3 is 2.56 bits per heavy atom. The second-order valence-corrected chi connectivity index (χ2v) is 8.97. The van der Waals surface area contributed by atoms with Gasteiger partial charge in [-0.15, -0.1) is 11.3 Å². The molecular formula is C23H30N6O2S. The van der Waals surface area contributed by atoms with Crippen LogP contribution in [0.2, 0.25) is 0 Å². The minimum absolute atomic E-state index is 0.0177. The van der Waals surface area contributed by atoms with E-state index < -0.39 is 0 Å². The Morgan fingerprint density at radius 1 is 1.22 bits per heavy atom. The van der Waals surface area contributed by atoms with Crippen LogP contribution in [0.3, 0.4) is 0 Å². The molecule has 9 heteroatoms. The number of nitrogens with zero attached hydrogens (tertiary/aromatic N) is 5. The molecule has 1 saturated heterocycles. The summed E-state index contributed by atoms with van der Waals surface area (Å²) in [6, 6.07) is 7.89. The van der Waals surface area contributed by atoms with Gasteiger partial charge in [-0.05, 0) is 38.1 Å². The number of carbonyl (C=O) groups is 1. The van der Waals surface area contributed by atoms with Gasteiger partial charge >= 0.3 is 6.03 Å². The van der Waals surface area contributed by atoms with Crippen LogP contribution in [-0.2, 0) is 13.6 Å². The maximum absolute atomic E-state index is 12.7. The smallest absolute Gasteiger partial charge is 0.317 e. The summed E-state index contributed by atoms with van der Waals surface area (Å²) >= 11 is 1.66. The second-order valence-electron chi connectivity index (χ2n) is 8.12. The van der Waals surface area contributed by atoms with Gasteiger partial charge in [-0.3, -0.25) is 9.58 Å². The van der Waals surface area contributed by atoms with Crippen LogP contribution in [0.4, 0.5) is 4.79 Å². The van der Waals surface area contributed by atoms with E-state index in [4.69, 9.17) is 9.72 Å². The summed E-state index contributed by atoms with van der Waals surface area (Å²) in [7, 11) is 3.58. The molecule has 0 spiro atoms. The first-order valence-corrected chi connectivity index (χ1v) is 11.7. The first kappa shape index (κ1) is 22.3. The lowest BCUT2D eigenvalue weighted by molar-refractivity contribution is 0.133. The molecule has 0 radical (unpaired) electrons. The molecule has 1 atom stereocenters. The van der Waals surface area contributed by atoms with Gasteiger partial charge in [0.05, 0.1) is 25.0 Å². The van der Waals surface area contributed by atoms with Gasteiger partial charge in [0.25, 0.3) is 0 Å². The van der Waals surface area contributed by atoms with E-state index in [2.05, 4.69) is 20.7 Å². The van der Waals surface area contributed by atoms with Crippen molar-refractivity contribution in [2.75, 3.05) is 33.3 Å². The number of thiazole rings is 1. The van der Waals surface area contributed by atoms with Crippen LogP contribution in [0.15, 0.2) is 35.8 Å². The number of piperazine rings is 1. The lowest BCUT2D eigenvalue weighted by Crippen LogP contribution is -2.51. The van der Waals surface area contributed by atoms with Crippen LogP contribution < -0.4 is 10.1 Å². The number of rotatable bonds is 6. The van der Waals surface area contributed by atoms with E-state index in [-0.39, 0.29) is 12.1 Å². The first-order valence-electron chi connectivity index (χ1n) is 10.8. The van der Waals surface area contributed by atoms with Crippen LogP contribution in [0, 0.1) is 6.92 Å². The lowest BCUT2D eigenvalue weighted by atomic mass is 10.1. The molecule has 2 amide bonds. The maximum Gasteiger partial charge on any atom is 0.317 e. The number of aryl methyl sites for hydroxylation is 1. The molecule has 3 heterocycles. The van der Waals surface area contributed by atoms with Gasteiger partial charge in [0, 0.05) is 62.0 Å². The van der Waals surface area contributed by atoms with Gasteiger partial charge in [0.1, 0.15) is 10.8 Å². The third-order valence-electron chi connectivity index (χ3n) is 6.01. The van der Waals surface area contributed by atoms with Crippen LogP contribution in [-0.4, -0.2) is 63.9 Å². The molecule has 0 saturated carbocycles. The second kappa shape index (κ2) is 9.70. The SMILES string of the molecule is COc1ccc(-c2nc(CN3CCN(C(=O)NC(C)c4cnn(C)c4C)CC3)cs2)cc1. The quantitative estimate of drug-likeness (QED) is 0.618. The highest BCUT2D eigenvalue weighted by Crippen LogP contribution is 2.26. The molecule has 4 rings (SSSR count). The number of amides is 2. The summed E-state index contributed by atoms with van der Waals surface area (Å²) in [5, 5.41) is 10.5. The van der Waals surface area contributed by atoms with Gasteiger partial charge < -0.3 is 15.0 Å². The van der Waals surface area contributed by atoms with E-state index in [1.807, 2.05) is 60.9 Å². The normalized spacial score (nSPS) is 15.6. The molecule has 3 aromatic rings. The van der Waals surface area contributed by atoms with Gasteiger partial charge in [0.15, 0.2) is 0 Å². The largest absolute Gasteiger partial charge is 0.497 e. The molecule has 0 bridgehead atoms. The number of nitrogens with one attached hydrogen (secondary N) is 1. The molecule has 1 aromatic carbocycles. The van der Waals surface area contributed by atoms with Crippen molar-refractivity contribution in [3.05, 3.63) is 52.8 Å². The van der Waals surface area contributed by atoms with Crippen molar-refractivity contribution in [3.63, 3.8) is 0 Å². The summed E-state index contributed by atoms with van der Waals surface area (Å²) in [6.07, 6.45) is 1.83. The van der Waals surface area contributed by atoms with Crippen molar-refractivity contribution in [1.29, 1.82) is 0 Å². The predicted molar refractivity (Wildman–Crippen MR) is 126 cm³/mol. The number of urea groups is 1. The third-order valence-corrected chi connectivity index (χ3v) is 6.95. The summed E-state index contributed by atoms with van der Waals surface area (Å²) in [4.78, 5) is 21.8. The zero-order chi connectivity index (χ0) is 22.7. The van der Waals surface area contributed by atoms with E-state index in [0.29, 0.717) is 13.1 Å². The Balaban J connectivity index is 1.27. The average Bonchev–Trinajstić information content (AvgIpc) is 3.41. The Bertz CT molecular complexity index is 1050. The molecule has 8 nitrogen and oxygen atoms in total. The maximum atomic E-state index is 12.7. The highest BCUT2D eigenvalue weighted by atomic mass is 32.1. The molecule has 170 valence electrons. The molecule has 1 aliphatic heterocycles. The monoisotopic (exact) mass is 454 g/mol. The number of benzene rings is 1. The van der Waals surface area contributed by atoms with Crippen molar-refractivity contribution in [2.24, 2.45) is 7.05 Å². The number of hydrogen-bond acceptors (Lipinski definition) is 6. The standard InChI is InChI=1S/C23H30N6O2S/c1-16(21-13-24-27(3)17(21)2)25-23(30)29-11-9-28(10-12-29)14-19-15-32-22(26-19)18-5-7-20(31-4)8-6-18/h5-8,13,15-16H,9-12,14H2,1-4H3,(H,25,30). The van der Waals surface area contributed by atoms with E-state index >= 15 is 0 Å². The number of hydrogen-bond donors (Lipinski definition) is 1. The Labute approximate surface area is 192 Å². The van der Waals surface area contributed by atoms with Gasteiger partial charge in [-0.25, -0.2) is 9.78 Å². The Hall–Kier alpha value is -2.91. The summed E-state index contributed by atoms with van der Waals surface area (Å²) in [5.74, 6) is 0.845. The van der Waals surface area contributed by atoms with Gasteiger partial charge in [-0.1, -0.05) is 0 Å². The molecule has 1 aliphatic rings. The molecule has 0 aliphatic carbocycles. The van der Waals surface area contributed by atoms with Crippen molar-refractivity contribution in [1.82, 2.24) is 29.9 Å². The van der Waals surface area contributed by atoms with Crippen molar-refractivity contribution in [3.8, 4) is 16.3 Å². The summed E-state index contributed by atoms with van der Waals surface area (Å²) in [5.41, 5.74) is 4.29.